The van der Waals surface area contributed by atoms with Gasteiger partial charge in [0.2, 0.25) is 0 Å². The van der Waals surface area contributed by atoms with Crippen LogP contribution in [0.4, 0.5) is 18.9 Å². The highest BCUT2D eigenvalue weighted by Gasteiger charge is 2.33. The number of rotatable bonds is 8. The molecule has 1 aliphatic rings. The van der Waals surface area contributed by atoms with Crippen molar-refractivity contribution in [2.45, 2.75) is 45.5 Å². The average Bonchev–Trinajstić information content (AvgIpc) is 3.41. The van der Waals surface area contributed by atoms with Gasteiger partial charge in [0.1, 0.15) is 11.4 Å². The third-order valence-corrected chi connectivity index (χ3v) is 6.42. The number of aromatic nitrogens is 5. The second kappa shape index (κ2) is 9.93. The van der Waals surface area contributed by atoms with Gasteiger partial charge in [0.15, 0.2) is 0 Å². The fourth-order valence-electron chi connectivity index (χ4n) is 4.17. The summed E-state index contributed by atoms with van der Waals surface area (Å²) < 4.78 is 48.0. The smallest absolute Gasteiger partial charge is 0.416 e. The van der Waals surface area contributed by atoms with Crippen LogP contribution in [0.25, 0.3) is 16.9 Å². The van der Waals surface area contributed by atoms with Gasteiger partial charge in [-0.25, -0.2) is 4.68 Å². The van der Waals surface area contributed by atoms with Crippen molar-refractivity contribution in [3.8, 4) is 22.7 Å². The number of alkyl halides is 3. The van der Waals surface area contributed by atoms with Crippen molar-refractivity contribution < 1.29 is 22.7 Å². The van der Waals surface area contributed by atoms with Crippen LogP contribution >= 0.6 is 0 Å². The SMILES string of the molecule is COc1c(CNC2CC2)cc(C(F)(F)F)cc1NC(=O)c1ccc(C)c(-n2cc(-c3cn[nH]c3C)nn2)c1. The van der Waals surface area contributed by atoms with E-state index >= 15 is 0 Å². The number of nitrogens with one attached hydrogen (secondary N) is 3. The van der Waals surface area contributed by atoms with Crippen LogP contribution in [0.1, 0.15) is 45.6 Å². The summed E-state index contributed by atoms with van der Waals surface area (Å²) in [6, 6.07) is 7.18. The first kappa shape index (κ1) is 25.5. The highest BCUT2D eigenvalue weighted by molar-refractivity contribution is 6.05. The molecule has 0 saturated heterocycles. The third-order valence-electron chi connectivity index (χ3n) is 6.42. The van der Waals surface area contributed by atoms with Gasteiger partial charge in [0.25, 0.3) is 5.91 Å². The number of amides is 1. The van der Waals surface area contributed by atoms with Crippen molar-refractivity contribution >= 4 is 11.6 Å². The lowest BCUT2D eigenvalue weighted by Crippen LogP contribution is -2.19. The minimum absolute atomic E-state index is 0.0551. The summed E-state index contributed by atoms with van der Waals surface area (Å²) in [7, 11) is 1.37. The largest absolute Gasteiger partial charge is 0.494 e. The summed E-state index contributed by atoms with van der Waals surface area (Å²) in [4.78, 5) is 13.2. The number of aryl methyl sites for hydroxylation is 2. The molecule has 0 radical (unpaired) electrons. The van der Waals surface area contributed by atoms with Crippen molar-refractivity contribution in [2.24, 2.45) is 0 Å². The number of anilines is 1. The van der Waals surface area contributed by atoms with Gasteiger partial charge in [-0.3, -0.25) is 9.89 Å². The monoisotopic (exact) mass is 525 g/mol. The molecule has 0 bridgehead atoms. The molecule has 0 aliphatic heterocycles. The Balaban J connectivity index is 1.45. The lowest BCUT2D eigenvalue weighted by molar-refractivity contribution is -0.137. The second-order valence-corrected chi connectivity index (χ2v) is 9.28. The molecule has 1 saturated carbocycles. The molecule has 5 rings (SSSR count). The summed E-state index contributed by atoms with van der Waals surface area (Å²) in [5.41, 5.74) is 3.30. The molecule has 1 aliphatic carbocycles. The predicted octanol–water partition coefficient (Wildman–Crippen LogP) is 4.81. The van der Waals surface area contributed by atoms with E-state index in [1.54, 1.807) is 35.3 Å². The summed E-state index contributed by atoms with van der Waals surface area (Å²) in [6.45, 7) is 3.92. The molecule has 2 heterocycles. The molecular weight excluding hydrogens is 499 g/mol. The quantitative estimate of drug-likeness (QED) is 0.305. The van der Waals surface area contributed by atoms with Crippen LogP contribution in [0.5, 0.6) is 5.75 Å². The minimum Gasteiger partial charge on any atom is -0.494 e. The number of H-pyrrole nitrogens is 1. The number of carbonyl (C=O) groups is 1. The summed E-state index contributed by atoms with van der Waals surface area (Å²) >= 11 is 0. The van der Waals surface area contributed by atoms with E-state index in [1.807, 2.05) is 13.8 Å². The average molecular weight is 526 g/mol. The maximum absolute atomic E-state index is 13.7. The maximum atomic E-state index is 13.7. The Morgan fingerprint density at radius 1 is 1.21 bits per heavy atom. The molecule has 12 heteroatoms. The standard InChI is InChI=1S/C26H26F3N7O2/c1-14-4-5-16(9-23(14)36-13-22(34-35-36)20-12-31-33-15(20)2)25(37)32-21-10-18(26(27,28)29)8-17(24(21)38-3)11-30-19-6-7-19/h4-5,8-10,12-13,19,30H,6-7,11H2,1-3H3,(H,31,33)(H,32,37). The van der Waals surface area contributed by atoms with E-state index in [2.05, 4.69) is 31.1 Å². The van der Waals surface area contributed by atoms with Gasteiger partial charge in [-0.15, -0.1) is 5.10 Å². The van der Waals surface area contributed by atoms with Gasteiger partial charge in [-0.1, -0.05) is 11.3 Å². The fourth-order valence-corrected chi connectivity index (χ4v) is 4.17. The van der Waals surface area contributed by atoms with Crippen molar-refractivity contribution in [2.75, 3.05) is 12.4 Å². The Kier molecular flexibility index (Phi) is 6.66. The van der Waals surface area contributed by atoms with Crippen LogP contribution in [0.15, 0.2) is 42.7 Å². The molecule has 3 N–H and O–H groups in total. The predicted molar refractivity (Wildman–Crippen MR) is 134 cm³/mol. The van der Waals surface area contributed by atoms with Crippen molar-refractivity contribution in [1.29, 1.82) is 0 Å². The number of nitrogens with zero attached hydrogens (tertiary/aromatic N) is 4. The van der Waals surface area contributed by atoms with E-state index in [4.69, 9.17) is 4.74 Å². The highest BCUT2D eigenvalue weighted by Crippen LogP contribution is 2.38. The fraction of sp³-hybridized carbons (Fsp3) is 0.308. The Labute approximate surface area is 216 Å². The molecule has 4 aromatic rings. The molecule has 0 unspecified atom stereocenters. The van der Waals surface area contributed by atoms with Gasteiger partial charge < -0.3 is 15.4 Å². The van der Waals surface area contributed by atoms with E-state index in [0.29, 0.717) is 16.9 Å². The molecule has 1 amide bonds. The second-order valence-electron chi connectivity index (χ2n) is 9.28. The van der Waals surface area contributed by atoms with Gasteiger partial charge in [-0.2, -0.15) is 18.3 Å². The Morgan fingerprint density at radius 2 is 2.00 bits per heavy atom. The number of halogens is 3. The molecule has 2 aromatic heterocycles. The Bertz CT molecular complexity index is 1490. The van der Waals surface area contributed by atoms with E-state index in [9.17, 15) is 18.0 Å². The number of ether oxygens (including phenoxy) is 1. The molecule has 0 atom stereocenters. The Morgan fingerprint density at radius 3 is 2.66 bits per heavy atom. The first-order chi connectivity index (χ1) is 18.1. The summed E-state index contributed by atoms with van der Waals surface area (Å²) in [5.74, 6) is -0.403. The lowest BCUT2D eigenvalue weighted by Gasteiger charge is -2.18. The molecule has 0 spiro atoms. The zero-order chi connectivity index (χ0) is 27.0. The number of methoxy groups -OCH3 is 1. The van der Waals surface area contributed by atoms with Gasteiger partial charge in [-0.05, 0) is 56.5 Å². The van der Waals surface area contributed by atoms with Crippen LogP contribution in [-0.2, 0) is 12.7 Å². The van der Waals surface area contributed by atoms with Crippen molar-refractivity contribution in [1.82, 2.24) is 30.5 Å². The van der Waals surface area contributed by atoms with E-state index in [0.717, 1.165) is 41.8 Å². The zero-order valence-electron chi connectivity index (χ0n) is 21.0. The zero-order valence-corrected chi connectivity index (χ0v) is 21.0. The normalized spacial score (nSPS) is 13.5. The van der Waals surface area contributed by atoms with Gasteiger partial charge in [0.05, 0.1) is 36.4 Å². The molecule has 38 heavy (non-hydrogen) atoms. The van der Waals surface area contributed by atoms with E-state index in [-0.39, 0.29) is 29.6 Å². The third kappa shape index (κ3) is 5.25. The van der Waals surface area contributed by atoms with Gasteiger partial charge in [0, 0.05) is 35.0 Å². The van der Waals surface area contributed by atoms with Crippen LogP contribution in [0, 0.1) is 13.8 Å². The van der Waals surface area contributed by atoms with Gasteiger partial charge >= 0.3 is 6.18 Å². The van der Waals surface area contributed by atoms with Crippen LogP contribution in [0.3, 0.4) is 0 Å². The number of hydrogen-bond acceptors (Lipinski definition) is 6. The molecule has 2 aromatic carbocycles. The number of aromatic amines is 1. The number of benzene rings is 2. The number of hydrogen-bond donors (Lipinski definition) is 3. The topological polar surface area (TPSA) is 110 Å². The highest BCUT2D eigenvalue weighted by atomic mass is 19.4. The maximum Gasteiger partial charge on any atom is 0.416 e. The van der Waals surface area contributed by atoms with E-state index in [1.165, 1.54) is 7.11 Å². The number of carbonyl (C=O) groups excluding carboxylic acids is 1. The molecule has 198 valence electrons. The van der Waals surface area contributed by atoms with Crippen molar-refractivity contribution in [3.05, 3.63) is 70.7 Å². The first-order valence-corrected chi connectivity index (χ1v) is 12.0. The molecule has 1 fully saturated rings. The van der Waals surface area contributed by atoms with E-state index < -0.39 is 17.6 Å². The van der Waals surface area contributed by atoms with Crippen LogP contribution < -0.4 is 15.4 Å². The molecular formula is C26H26F3N7O2. The van der Waals surface area contributed by atoms with Crippen LogP contribution in [-0.4, -0.2) is 44.3 Å². The first-order valence-electron chi connectivity index (χ1n) is 12.0. The summed E-state index contributed by atoms with van der Waals surface area (Å²) in [6.07, 6.45) is 0.745. The Hall–Kier alpha value is -4.19. The summed E-state index contributed by atoms with van der Waals surface area (Å²) in [5, 5.41) is 21.1. The van der Waals surface area contributed by atoms with Crippen LogP contribution in [0.2, 0.25) is 0 Å². The molecule has 9 nitrogen and oxygen atoms in total. The lowest BCUT2D eigenvalue weighted by atomic mass is 10.1. The van der Waals surface area contributed by atoms with Crippen molar-refractivity contribution in [3.63, 3.8) is 0 Å². The minimum atomic E-state index is -4.59.